The maximum Gasteiger partial charge on any atom is 0.330 e. The number of hydrogen-bond acceptors (Lipinski definition) is 5. The first kappa shape index (κ1) is 16.8. The van der Waals surface area contributed by atoms with Crippen LogP contribution in [0.4, 0.5) is 0 Å². The molecule has 6 heteroatoms. The molecule has 0 heterocycles. The van der Waals surface area contributed by atoms with E-state index in [9.17, 15) is 9.59 Å². The van der Waals surface area contributed by atoms with E-state index in [0.717, 1.165) is 12.2 Å². The van der Waals surface area contributed by atoms with Gasteiger partial charge in [0.1, 0.15) is 12.7 Å². The number of hydrogen-bond donors (Lipinski definition) is 3. The molecule has 0 bridgehead atoms. The molecule has 0 aliphatic heterocycles. The second-order valence-corrected chi connectivity index (χ2v) is 2.51. The van der Waals surface area contributed by atoms with Gasteiger partial charge >= 0.3 is 11.9 Å². The summed E-state index contributed by atoms with van der Waals surface area (Å²) in [5, 5.41) is 24.7. The summed E-state index contributed by atoms with van der Waals surface area (Å²) in [6, 6.07) is 0. The first-order valence-corrected chi connectivity index (χ1v) is 4.41. The van der Waals surface area contributed by atoms with Gasteiger partial charge in [0, 0.05) is 12.2 Å². The summed E-state index contributed by atoms with van der Waals surface area (Å²) < 4.78 is 4.38. The normalized spacial score (nSPS) is 11.2. The molecule has 3 N–H and O–H groups in total. The first-order valence-electron chi connectivity index (χ1n) is 4.41. The third-order valence-electron chi connectivity index (χ3n) is 1.10. The van der Waals surface area contributed by atoms with E-state index < -0.39 is 24.6 Å². The molecule has 0 amide bonds. The van der Waals surface area contributed by atoms with Crippen molar-refractivity contribution in [2.75, 3.05) is 13.2 Å². The van der Waals surface area contributed by atoms with Crippen LogP contribution >= 0.6 is 0 Å². The van der Waals surface area contributed by atoms with Gasteiger partial charge in [-0.2, -0.15) is 0 Å². The van der Waals surface area contributed by atoms with Crippen LogP contribution in [-0.4, -0.2) is 46.6 Å². The Bertz CT molecular complexity index is 246. The molecule has 1 unspecified atom stereocenters. The van der Waals surface area contributed by atoms with Crippen LogP contribution in [0.3, 0.4) is 0 Å². The van der Waals surface area contributed by atoms with Gasteiger partial charge in [0.25, 0.3) is 0 Å². The van der Waals surface area contributed by atoms with Crippen molar-refractivity contribution in [1.82, 2.24) is 0 Å². The highest BCUT2D eigenvalue weighted by molar-refractivity contribution is 5.81. The lowest BCUT2D eigenvalue weighted by molar-refractivity contribution is -0.141. The minimum Gasteiger partial charge on any atom is -0.478 e. The number of carboxylic acid groups (broad SMARTS) is 1. The van der Waals surface area contributed by atoms with Crippen LogP contribution in [0.2, 0.25) is 0 Å². The molecule has 0 aromatic heterocycles. The quantitative estimate of drug-likeness (QED) is 0.444. The molecule has 0 fully saturated rings. The van der Waals surface area contributed by atoms with Crippen molar-refractivity contribution in [2.45, 2.75) is 13.0 Å². The number of carbonyl (C=O) groups is 2. The van der Waals surface area contributed by atoms with E-state index in [1.54, 1.807) is 6.92 Å². The number of carboxylic acids is 1. The molecule has 0 rings (SSSR count). The van der Waals surface area contributed by atoms with Crippen LogP contribution in [0, 0.1) is 0 Å². The Morgan fingerprint density at radius 2 is 2.06 bits per heavy atom. The molecule has 0 aliphatic rings. The number of aliphatic carboxylic acids is 1. The van der Waals surface area contributed by atoms with E-state index in [1.165, 1.54) is 6.08 Å². The van der Waals surface area contributed by atoms with Crippen molar-refractivity contribution >= 4 is 11.9 Å². The molecular weight excluding hydrogens is 216 g/mol. The van der Waals surface area contributed by atoms with E-state index in [-0.39, 0.29) is 6.61 Å². The molecule has 0 saturated heterocycles. The van der Waals surface area contributed by atoms with Gasteiger partial charge in [-0.25, -0.2) is 9.59 Å². The summed E-state index contributed by atoms with van der Waals surface area (Å²) in [5.74, 6) is -1.50. The van der Waals surface area contributed by atoms with Crippen molar-refractivity contribution < 1.29 is 29.6 Å². The van der Waals surface area contributed by atoms with E-state index in [0.29, 0.717) is 0 Å². The highest BCUT2D eigenvalue weighted by Gasteiger charge is 2.03. The minimum absolute atomic E-state index is 0.193. The SMILES string of the molecule is C=CC(=O)OCC(O)CO.CC=CC(=O)O. The van der Waals surface area contributed by atoms with Crippen molar-refractivity contribution in [1.29, 1.82) is 0 Å². The van der Waals surface area contributed by atoms with Gasteiger partial charge in [0.15, 0.2) is 0 Å². The van der Waals surface area contributed by atoms with Gasteiger partial charge in [0.05, 0.1) is 6.61 Å². The molecule has 92 valence electrons. The smallest absolute Gasteiger partial charge is 0.330 e. The zero-order valence-electron chi connectivity index (χ0n) is 9.00. The van der Waals surface area contributed by atoms with Crippen LogP contribution < -0.4 is 0 Å². The first-order chi connectivity index (χ1) is 7.47. The third-order valence-corrected chi connectivity index (χ3v) is 1.10. The zero-order chi connectivity index (χ0) is 13.0. The zero-order valence-corrected chi connectivity index (χ0v) is 9.00. The van der Waals surface area contributed by atoms with Crippen LogP contribution in [0.5, 0.6) is 0 Å². The fraction of sp³-hybridized carbons (Fsp3) is 0.400. The van der Waals surface area contributed by atoms with Gasteiger partial charge in [-0.1, -0.05) is 12.7 Å². The van der Waals surface area contributed by atoms with Gasteiger partial charge in [0.2, 0.25) is 0 Å². The van der Waals surface area contributed by atoms with Crippen molar-refractivity contribution in [3.05, 3.63) is 24.8 Å². The Kier molecular flexibility index (Phi) is 12.0. The lowest BCUT2D eigenvalue weighted by atomic mass is 10.4. The number of ether oxygens (including phenoxy) is 1. The highest BCUT2D eigenvalue weighted by Crippen LogP contribution is 1.84. The predicted molar refractivity (Wildman–Crippen MR) is 56.7 cm³/mol. The number of aliphatic hydroxyl groups is 2. The maximum absolute atomic E-state index is 10.3. The second-order valence-electron chi connectivity index (χ2n) is 2.51. The van der Waals surface area contributed by atoms with Gasteiger partial charge in [-0.3, -0.25) is 0 Å². The average molecular weight is 232 g/mol. The van der Waals surface area contributed by atoms with E-state index >= 15 is 0 Å². The van der Waals surface area contributed by atoms with Crippen LogP contribution in [0.25, 0.3) is 0 Å². The minimum atomic E-state index is -0.996. The largest absolute Gasteiger partial charge is 0.478 e. The summed E-state index contributed by atoms with van der Waals surface area (Å²) >= 11 is 0. The van der Waals surface area contributed by atoms with Gasteiger partial charge in [-0.15, -0.1) is 0 Å². The molecule has 6 nitrogen and oxygen atoms in total. The molecule has 0 spiro atoms. The average Bonchev–Trinajstić information content (AvgIpc) is 2.25. The molecule has 16 heavy (non-hydrogen) atoms. The molecule has 0 saturated carbocycles. The number of rotatable bonds is 5. The Labute approximate surface area is 93.5 Å². The Hall–Kier alpha value is -1.66. The van der Waals surface area contributed by atoms with E-state index in [1.807, 2.05) is 0 Å². The lowest BCUT2D eigenvalue weighted by Gasteiger charge is -2.05. The topological polar surface area (TPSA) is 104 Å². The van der Waals surface area contributed by atoms with Gasteiger partial charge in [-0.05, 0) is 6.92 Å². The van der Waals surface area contributed by atoms with Crippen molar-refractivity contribution in [3.63, 3.8) is 0 Å². The summed E-state index contributed by atoms with van der Waals surface area (Å²) in [7, 11) is 0. The van der Waals surface area contributed by atoms with E-state index in [4.69, 9.17) is 15.3 Å². The lowest BCUT2D eigenvalue weighted by Crippen LogP contribution is -2.21. The van der Waals surface area contributed by atoms with Gasteiger partial charge < -0.3 is 20.1 Å². The summed E-state index contributed by atoms with van der Waals surface area (Å²) in [4.78, 5) is 19.8. The highest BCUT2D eigenvalue weighted by atomic mass is 16.5. The summed E-state index contributed by atoms with van der Waals surface area (Å²) in [5.41, 5.74) is 0. The van der Waals surface area contributed by atoms with E-state index in [2.05, 4.69) is 11.3 Å². The fourth-order valence-corrected chi connectivity index (χ4v) is 0.433. The maximum atomic E-state index is 10.3. The fourth-order valence-electron chi connectivity index (χ4n) is 0.433. The predicted octanol–water partition coefficient (Wildman–Crippen LogP) is -0.284. The van der Waals surface area contributed by atoms with Crippen LogP contribution in [0.15, 0.2) is 24.8 Å². The second kappa shape index (κ2) is 11.4. The summed E-state index contributed by atoms with van der Waals surface area (Å²) in [6.07, 6.45) is 2.55. The summed E-state index contributed by atoms with van der Waals surface area (Å²) in [6.45, 7) is 4.20. The monoisotopic (exact) mass is 232 g/mol. The van der Waals surface area contributed by atoms with Crippen LogP contribution in [0.1, 0.15) is 6.92 Å². The number of allylic oxidation sites excluding steroid dienone is 1. The molecular formula is C10H16O6. The molecule has 0 radical (unpaired) electrons. The van der Waals surface area contributed by atoms with Crippen LogP contribution in [-0.2, 0) is 14.3 Å². The molecule has 0 aliphatic carbocycles. The Morgan fingerprint density at radius 1 is 1.50 bits per heavy atom. The standard InChI is InChI=1S/C6H10O4.C4H6O2/c1-2-6(9)10-4-5(8)3-7;1-2-3-4(5)6/h2,5,7-8H,1,3-4H2;2-3H,1H3,(H,5,6). The molecule has 0 aromatic rings. The third kappa shape index (κ3) is 14.8. The molecule has 0 aromatic carbocycles. The van der Waals surface area contributed by atoms with Crippen molar-refractivity contribution in [2.24, 2.45) is 0 Å². The Balaban J connectivity index is 0. The Morgan fingerprint density at radius 3 is 2.31 bits per heavy atom. The number of carbonyl (C=O) groups excluding carboxylic acids is 1. The molecule has 1 atom stereocenters. The number of aliphatic hydroxyl groups excluding tert-OH is 2. The number of esters is 1. The van der Waals surface area contributed by atoms with Crippen molar-refractivity contribution in [3.8, 4) is 0 Å².